The average molecular weight is 369 g/mol. The Labute approximate surface area is 144 Å². The van der Waals surface area contributed by atoms with Crippen LogP contribution in [0.4, 0.5) is 4.39 Å². The van der Waals surface area contributed by atoms with Gasteiger partial charge in [-0.25, -0.2) is 9.18 Å². The summed E-state index contributed by atoms with van der Waals surface area (Å²) in [5, 5.41) is 22.6. The fourth-order valence-electron chi connectivity index (χ4n) is 2.03. The van der Waals surface area contributed by atoms with Gasteiger partial charge in [0.15, 0.2) is 0 Å². The van der Waals surface area contributed by atoms with Crippen LogP contribution in [0.5, 0.6) is 5.75 Å². The molecule has 0 aliphatic rings. The highest BCUT2D eigenvalue weighted by atomic mass is 35.5. The first-order valence-corrected chi connectivity index (χ1v) is 7.18. The van der Waals surface area contributed by atoms with Crippen LogP contribution < -0.4 is 0 Å². The Hall–Kier alpha value is -2.64. The third kappa shape index (κ3) is 2.79. The van der Waals surface area contributed by atoms with E-state index in [1.165, 1.54) is 24.3 Å². The van der Waals surface area contributed by atoms with E-state index in [9.17, 15) is 14.3 Å². The molecule has 3 aromatic rings. The normalized spacial score (nSPS) is 10.8. The van der Waals surface area contributed by atoms with Crippen LogP contribution in [0.1, 0.15) is 10.4 Å². The number of para-hydroxylation sites is 1. The van der Waals surface area contributed by atoms with Crippen LogP contribution in [-0.2, 0) is 0 Å². The topological polar surface area (TPSA) is 96.5 Å². The predicted octanol–water partition coefficient (Wildman–Crippen LogP) is 4.25. The molecule has 1 heterocycles. The summed E-state index contributed by atoms with van der Waals surface area (Å²) >= 11 is 11.6. The van der Waals surface area contributed by atoms with Gasteiger partial charge in [0.1, 0.15) is 17.1 Å². The van der Waals surface area contributed by atoms with E-state index in [0.717, 1.165) is 6.07 Å². The summed E-state index contributed by atoms with van der Waals surface area (Å²) in [5.41, 5.74) is -0.143. The van der Waals surface area contributed by atoms with Crippen LogP contribution in [0.15, 0.2) is 34.9 Å². The number of hydrogen-bond donors (Lipinski definition) is 2. The molecule has 0 radical (unpaired) electrons. The Morgan fingerprint density at radius 2 is 1.92 bits per heavy atom. The number of carboxylic acid groups (broad SMARTS) is 1. The molecule has 1 aromatic heterocycles. The van der Waals surface area contributed by atoms with Gasteiger partial charge in [0.05, 0.1) is 21.2 Å². The second kappa shape index (κ2) is 6.10. The van der Waals surface area contributed by atoms with Crippen molar-refractivity contribution in [3.05, 3.63) is 51.8 Å². The Morgan fingerprint density at radius 3 is 2.62 bits per heavy atom. The van der Waals surface area contributed by atoms with Crippen LogP contribution in [0.25, 0.3) is 22.8 Å². The molecule has 0 unspecified atom stereocenters. The van der Waals surface area contributed by atoms with Gasteiger partial charge in [0, 0.05) is 0 Å². The number of benzene rings is 2. The molecule has 24 heavy (non-hydrogen) atoms. The van der Waals surface area contributed by atoms with Gasteiger partial charge in [0.25, 0.3) is 5.89 Å². The number of carboxylic acids is 1. The molecule has 0 fully saturated rings. The molecule has 2 N–H and O–H groups in total. The highest BCUT2D eigenvalue weighted by Crippen LogP contribution is 2.35. The number of aromatic hydroxyl groups is 1. The van der Waals surface area contributed by atoms with Crippen molar-refractivity contribution < 1.29 is 23.9 Å². The third-order valence-electron chi connectivity index (χ3n) is 3.17. The van der Waals surface area contributed by atoms with Crippen LogP contribution in [0, 0.1) is 5.82 Å². The number of hydrogen-bond acceptors (Lipinski definition) is 5. The molecule has 0 aliphatic heterocycles. The Kier molecular flexibility index (Phi) is 4.13. The molecule has 6 nitrogen and oxygen atoms in total. The van der Waals surface area contributed by atoms with Gasteiger partial charge >= 0.3 is 5.97 Å². The van der Waals surface area contributed by atoms with E-state index in [-0.39, 0.29) is 38.5 Å². The molecule has 0 saturated carbocycles. The maximum absolute atomic E-state index is 13.6. The van der Waals surface area contributed by atoms with Gasteiger partial charge in [-0.2, -0.15) is 4.98 Å². The van der Waals surface area contributed by atoms with E-state index in [1.807, 2.05) is 0 Å². The van der Waals surface area contributed by atoms with Crippen molar-refractivity contribution >= 4 is 29.2 Å². The molecule has 9 heteroatoms. The lowest BCUT2D eigenvalue weighted by atomic mass is 10.1. The zero-order valence-corrected chi connectivity index (χ0v) is 13.1. The zero-order valence-electron chi connectivity index (χ0n) is 11.6. The minimum absolute atomic E-state index is 0.0513. The Balaban J connectivity index is 2.08. The standard InChI is InChI=1S/C15H7Cl2FN2O4/c16-9-5-10(17)11(18)4-8(9)14-19-13(20-24-14)6-2-1-3-7(12(6)21)15(22)23/h1-5,21H,(H,22,23). The summed E-state index contributed by atoms with van der Waals surface area (Å²) in [5.74, 6) is -2.71. The maximum atomic E-state index is 13.6. The fourth-order valence-corrected chi connectivity index (χ4v) is 2.49. The van der Waals surface area contributed by atoms with E-state index >= 15 is 0 Å². The number of halogens is 3. The second-order valence-corrected chi connectivity index (χ2v) is 5.49. The van der Waals surface area contributed by atoms with Gasteiger partial charge < -0.3 is 14.7 Å². The summed E-state index contributed by atoms with van der Waals surface area (Å²) < 4.78 is 18.6. The number of aromatic nitrogens is 2. The summed E-state index contributed by atoms with van der Waals surface area (Å²) in [6.07, 6.45) is 0. The predicted molar refractivity (Wildman–Crippen MR) is 83.8 cm³/mol. The summed E-state index contributed by atoms with van der Waals surface area (Å²) in [6, 6.07) is 6.30. The highest BCUT2D eigenvalue weighted by molar-refractivity contribution is 6.36. The zero-order chi connectivity index (χ0) is 17.4. The first-order chi connectivity index (χ1) is 11.4. The van der Waals surface area contributed by atoms with Crippen molar-refractivity contribution in [2.75, 3.05) is 0 Å². The van der Waals surface area contributed by atoms with E-state index < -0.39 is 17.5 Å². The van der Waals surface area contributed by atoms with Crippen molar-refractivity contribution in [2.45, 2.75) is 0 Å². The largest absolute Gasteiger partial charge is 0.506 e. The number of carbonyl (C=O) groups is 1. The minimum Gasteiger partial charge on any atom is -0.506 e. The van der Waals surface area contributed by atoms with Crippen LogP contribution in [0.3, 0.4) is 0 Å². The monoisotopic (exact) mass is 368 g/mol. The number of phenols is 1. The van der Waals surface area contributed by atoms with Crippen molar-refractivity contribution in [2.24, 2.45) is 0 Å². The lowest BCUT2D eigenvalue weighted by Gasteiger charge is -2.03. The molecular weight excluding hydrogens is 362 g/mol. The number of nitrogens with zero attached hydrogens (tertiary/aromatic N) is 2. The Morgan fingerprint density at radius 1 is 1.17 bits per heavy atom. The second-order valence-electron chi connectivity index (χ2n) is 4.68. The summed E-state index contributed by atoms with van der Waals surface area (Å²) in [4.78, 5) is 15.1. The quantitative estimate of drug-likeness (QED) is 0.670. The summed E-state index contributed by atoms with van der Waals surface area (Å²) in [6.45, 7) is 0. The number of aromatic carboxylic acids is 1. The minimum atomic E-state index is -1.30. The van der Waals surface area contributed by atoms with Gasteiger partial charge in [0.2, 0.25) is 5.82 Å². The first kappa shape index (κ1) is 16.2. The smallest absolute Gasteiger partial charge is 0.339 e. The molecule has 0 spiro atoms. The van der Waals surface area contributed by atoms with Gasteiger partial charge in [-0.15, -0.1) is 0 Å². The molecule has 3 rings (SSSR count). The molecule has 0 atom stereocenters. The lowest BCUT2D eigenvalue weighted by Crippen LogP contribution is -1.97. The van der Waals surface area contributed by atoms with E-state index in [1.54, 1.807) is 0 Å². The van der Waals surface area contributed by atoms with Crippen molar-refractivity contribution in [3.8, 4) is 28.6 Å². The molecule has 122 valence electrons. The van der Waals surface area contributed by atoms with Gasteiger partial charge in [-0.05, 0) is 24.3 Å². The third-order valence-corrected chi connectivity index (χ3v) is 3.78. The molecule has 0 amide bonds. The van der Waals surface area contributed by atoms with E-state index in [2.05, 4.69) is 10.1 Å². The highest BCUT2D eigenvalue weighted by Gasteiger charge is 2.20. The van der Waals surface area contributed by atoms with E-state index in [4.69, 9.17) is 32.8 Å². The molecule has 0 saturated heterocycles. The van der Waals surface area contributed by atoms with Crippen molar-refractivity contribution in [3.63, 3.8) is 0 Å². The molecule has 2 aromatic carbocycles. The average Bonchev–Trinajstić information content (AvgIpc) is 3.00. The van der Waals surface area contributed by atoms with Crippen molar-refractivity contribution in [1.29, 1.82) is 0 Å². The van der Waals surface area contributed by atoms with Crippen LogP contribution in [-0.4, -0.2) is 26.3 Å². The molecule has 0 aliphatic carbocycles. The first-order valence-electron chi connectivity index (χ1n) is 6.42. The SMILES string of the molecule is O=C(O)c1cccc(-c2noc(-c3cc(F)c(Cl)cc3Cl)n2)c1O. The van der Waals surface area contributed by atoms with E-state index in [0.29, 0.717) is 0 Å². The van der Waals surface area contributed by atoms with Gasteiger partial charge in [-0.1, -0.05) is 34.4 Å². The maximum Gasteiger partial charge on any atom is 0.339 e. The number of rotatable bonds is 3. The van der Waals surface area contributed by atoms with Crippen LogP contribution >= 0.6 is 23.2 Å². The fraction of sp³-hybridized carbons (Fsp3) is 0. The van der Waals surface area contributed by atoms with Crippen LogP contribution in [0.2, 0.25) is 10.0 Å². The van der Waals surface area contributed by atoms with Gasteiger partial charge in [-0.3, -0.25) is 0 Å². The lowest BCUT2D eigenvalue weighted by molar-refractivity contribution is 0.0694. The Bertz CT molecular complexity index is 959. The molecule has 0 bridgehead atoms. The molecular formula is C15H7Cl2FN2O4. The van der Waals surface area contributed by atoms with Crippen molar-refractivity contribution in [1.82, 2.24) is 10.1 Å². The summed E-state index contributed by atoms with van der Waals surface area (Å²) in [7, 11) is 0.